The second kappa shape index (κ2) is 9.40. The van der Waals surface area contributed by atoms with Crippen LogP contribution in [0, 0.1) is 0 Å². The van der Waals surface area contributed by atoms with E-state index in [0.717, 1.165) is 18.2 Å². The summed E-state index contributed by atoms with van der Waals surface area (Å²) in [6.45, 7) is 1.39. The highest BCUT2D eigenvalue weighted by atomic mass is 32.2. The molecule has 4 rings (SSSR count). The van der Waals surface area contributed by atoms with Crippen molar-refractivity contribution in [3.05, 3.63) is 69.6 Å². The number of carbonyl (C=O) groups excluding carboxylic acids is 3. The van der Waals surface area contributed by atoms with Gasteiger partial charge in [-0.05, 0) is 42.8 Å². The van der Waals surface area contributed by atoms with Crippen LogP contribution in [0.5, 0.6) is 0 Å². The van der Waals surface area contributed by atoms with Gasteiger partial charge in [-0.2, -0.15) is 16.8 Å². The number of amides is 3. The molecule has 3 aromatic carbocycles. The largest absolute Gasteiger partial charge is 0.364 e. The third-order valence-electron chi connectivity index (χ3n) is 5.46. The number of nitrogens with zero attached hydrogens (tertiary/aromatic N) is 3. The van der Waals surface area contributed by atoms with Crippen LogP contribution in [0.15, 0.2) is 57.4 Å². The highest BCUT2D eigenvalue weighted by Gasteiger charge is 2.32. The summed E-state index contributed by atoms with van der Waals surface area (Å²) in [4.78, 5) is 38.6. The second-order valence-electron chi connectivity index (χ2n) is 8.00. The van der Waals surface area contributed by atoms with Gasteiger partial charge >= 0.3 is 0 Å². The van der Waals surface area contributed by atoms with E-state index in [0.29, 0.717) is 0 Å². The first-order chi connectivity index (χ1) is 17.7. The molecule has 5 N–H and O–H groups in total. The average Bonchev–Trinajstić information content (AvgIpc) is 2.82. The molecule has 0 spiro atoms. The number of carbonyl (C=O) groups is 3. The highest BCUT2D eigenvalue weighted by Crippen LogP contribution is 2.39. The molecule has 1 aliphatic heterocycles. The molecule has 1 atom stereocenters. The number of anilines is 1. The summed E-state index contributed by atoms with van der Waals surface area (Å²) in [6, 6.07) is 7.92. The fraction of sp³-hybridized carbons (Fsp3) is 0.0952. The molecule has 0 radical (unpaired) electrons. The minimum absolute atomic E-state index is 0.137. The van der Waals surface area contributed by atoms with E-state index in [2.05, 4.69) is 20.7 Å². The number of imide groups is 1. The van der Waals surface area contributed by atoms with Crippen LogP contribution in [0.25, 0.3) is 21.2 Å². The fourth-order valence-electron chi connectivity index (χ4n) is 3.87. The van der Waals surface area contributed by atoms with Crippen molar-refractivity contribution in [2.75, 3.05) is 5.32 Å². The van der Waals surface area contributed by atoms with Crippen molar-refractivity contribution in [2.45, 2.75) is 22.9 Å². The van der Waals surface area contributed by atoms with Crippen LogP contribution in [0.4, 0.5) is 11.4 Å². The molecule has 1 heterocycles. The molecule has 1 aliphatic rings. The van der Waals surface area contributed by atoms with Gasteiger partial charge in [-0.25, -0.2) is 0 Å². The van der Waals surface area contributed by atoms with E-state index < -0.39 is 59.6 Å². The van der Waals surface area contributed by atoms with E-state index in [-0.39, 0.29) is 33.2 Å². The molecule has 196 valence electrons. The maximum absolute atomic E-state index is 12.7. The van der Waals surface area contributed by atoms with Crippen molar-refractivity contribution >= 4 is 60.1 Å². The van der Waals surface area contributed by atoms with Crippen LogP contribution < -0.4 is 16.0 Å². The van der Waals surface area contributed by atoms with E-state index in [1.165, 1.54) is 31.2 Å². The lowest BCUT2D eigenvalue weighted by Gasteiger charge is -2.24. The lowest BCUT2D eigenvalue weighted by atomic mass is 9.94. The van der Waals surface area contributed by atoms with E-state index >= 15 is 0 Å². The van der Waals surface area contributed by atoms with Crippen molar-refractivity contribution < 1.29 is 40.3 Å². The summed E-state index contributed by atoms with van der Waals surface area (Å²) in [6.07, 6.45) is -1.08. The lowest BCUT2D eigenvalue weighted by molar-refractivity contribution is 0.0843. The van der Waals surface area contributed by atoms with Gasteiger partial charge in [0.15, 0.2) is 0 Å². The predicted octanol–water partition coefficient (Wildman–Crippen LogP) is 2.35. The molecule has 17 heteroatoms. The zero-order valence-corrected chi connectivity index (χ0v) is 20.7. The predicted molar refractivity (Wildman–Crippen MR) is 131 cm³/mol. The molecule has 0 bridgehead atoms. The number of hydrogen-bond acceptors (Lipinski definition) is 9. The van der Waals surface area contributed by atoms with Gasteiger partial charge in [0.2, 0.25) is 0 Å². The highest BCUT2D eigenvalue weighted by molar-refractivity contribution is 7.86. The normalized spacial score (nSPS) is 13.9. The van der Waals surface area contributed by atoms with Gasteiger partial charge in [0.25, 0.3) is 38.0 Å². The molecular formula is C21H16N6O9S2. The van der Waals surface area contributed by atoms with Crippen molar-refractivity contribution in [2.24, 2.45) is 5.11 Å². The topological polar surface area (TPSA) is 245 Å². The Balaban J connectivity index is 1.86. The third kappa shape index (κ3) is 4.99. The van der Waals surface area contributed by atoms with Crippen molar-refractivity contribution in [1.82, 2.24) is 10.6 Å². The second-order valence-corrected chi connectivity index (χ2v) is 10.8. The molecule has 3 amide bonds. The van der Waals surface area contributed by atoms with Crippen molar-refractivity contribution in [3.8, 4) is 0 Å². The van der Waals surface area contributed by atoms with Crippen LogP contribution in [0.3, 0.4) is 0 Å². The summed E-state index contributed by atoms with van der Waals surface area (Å²) in [7, 11) is -9.97. The van der Waals surface area contributed by atoms with E-state index in [4.69, 9.17) is 5.53 Å². The van der Waals surface area contributed by atoms with Crippen LogP contribution in [-0.2, 0) is 20.2 Å². The standard InChI is InChI=1S/C21H16N6O9S2/c1-9(24-19(28)10-2-4-11(5-3-10)26-27-22)23-18-13-6-12(37(31,32)33)7-14-17(13)15(21(30)25-20(14)29)8-16(18)38(34,35)36/h2-9,23H,1H3,(H,24,28)(H,25,29,30)(H,31,32,33)(H,34,35,36). The number of nitrogens with one attached hydrogen (secondary N) is 3. The molecule has 0 saturated carbocycles. The number of benzene rings is 3. The van der Waals surface area contributed by atoms with E-state index in [1.807, 2.05) is 5.32 Å². The summed E-state index contributed by atoms with van der Waals surface area (Å²) in [5, 5.41) is 10.0. The Labute approximate surface area is 214 Å². The molecule has 38 heavy (non-hydrogen) atoms. The maximum atomic E-state index is 12.7. The number of rotatable bonds is 7. The molecule has 3 aromatic rings. The Morgan fingerprint density at radius 2 is 1.61 bits per heavy atom. The Morgan fingerprint density at radius 3 is 2.16 bits per heavy atom. The molecule has 0 saturated heterocycles. The Morgan fingerprint density at radius 1 is 1.00 bits per heavy atom. The van der Waals surface area contributed by atoms with E-state index in [9.17, 15) is 40.3 Å². The van der Waals surface area contributed by atoms with Crippen LogP contribution in [0.1, 0.15) is 38.0 Å². The first-order valence-electron chi connectivity index (χ1n) is 10.4. The molecule has 1 unspecified atom stereocenters. The molecule has 0 aliphatic carbocycles. The van der Waals surface area contributed by atoms with Crippen LogP contribution >= 0.6 is 0 Å². The lowest BCUT2D eigenvalue weighted by Crippen LogP contribution is -2.39. The third-order valence-corrected chi connectivity index (χ3v) is 7.17. The summed E-state index contributed by atoms with van der Waals surface area (Å²) in [5.74, 6) is -2.66. The first-order valence-corrected chi connectivity index (χ1v) is 13.3. The first kappa shape index (κ1) is 26.5. The summed E-state index contributed by atoms with van der Waals surface area (Å²) < 4.78 is 67.8. The van der Waals surface area contributed by atoms with Gasteiger partial charge < -0.3 is 10.6 Å². The van der Waals surface area contributed by atoms with Gasteiger partial charge in [0.05, 0.1) is 16.7 Å². The number of azide groups is 1. The Kier molecular flexibility index (Phi) is 6.56. The molecule has 0 aromatic heterocycles. The molecular weight excluding hydrogens is 544 g/mol. The minimum atomic E-state index is -5.06. The van der Waals surface area contributed by atoms with Gasteiger partial charge in [0.1, 0.15) is 4.90 Å². The Hall–Kier alpha value is -4.54. The Bertz CT molecular complexity index is 1790. The van der Waals surface area contributed by atoms with Crippen molar-refractivity contribution in [1.29, 1.82) is 0 Å². The van der Waals surface area contributed by atoms with E-state index in [1.54, 1.807) is 0 Å². The fourth-order valence-corrected chi connectivity index (χ4v) is 5.10. The smallest absolute Gasteiger partial charge is 0.296 e. The van der Waals surface area contributed by atoms with Crippen LogP contribution in [0.2, 0.25) is 0 Å². The molecule has 0 fully saturated rings. The number of hydrogen-bond donors (Lipinski definition) is 5. The van der Waals surface area contributed by atoms with Gasteiger partial charge in [0, 0.05) is 38.1 Å². The van der Waals surface area contributed by atoms with Gasteiger partial charge in [-0.3, -0.25) is 28.8 Å². The SMILES string of the molecule is CC(NC(=O)c1ccc(N=[N+]=[N-])cc1)Nc1c(S(=O)(=O)O)cc2c3c(cc(S(=O)(=O)O)cc13)C(=O)NC2=O. The zero-order valence-electron chi connectivity index (χ0n) is 19.0. The zero-order chi connectivity index (χ0) is 28.0. The average molecular weight is 561 g/mol. The maximum Gasteiger partial charge on any atom is 0.296 e. The summed E-state index contributed by atoms with van der Waals surface area (Å²) in [5.41, 5.74) is 7.71. The monoisotopic (exact) mass is 560 g/mol. The van der Waals surface area contributed by atoms with Gasteiger partial charge in [-0.15, -0.1) is 0 Å². The minimum Gasteiger partial charge on any atom is -0.364 e. The summed E-state index contributed by atoms with van der Waals surface area (Å²) >= 11 is 0. The van der Waals surface area contributed by atoms with Crippen LogP contribution in [-0.4, -0.2) is 49.8 Å². The van der Waals surface area contributed by atoms with Crippen molar-refractivity contribution in [3.63, 3.8) is 0 Å². The van der Waals surface area contributed by atoms with Gasteiger partial charge in [-0.1, -0.05) is 17.2 Å². The molecule has 15 nitrogen and oxygen atoms in total. The quantitative estimate of drug-likeness (QED) is 0.0704.